The van der Waals surface area contributed by atoms with Crippen LogP contribution in [0.25, 0.3) is 11.5 Å². The van der Waals surface area contributed by atoms with Crippen LogP contribution in [0.2, 0.25) is 0 Å². The van der Waals surface area contributed by atoms with Gasteiger partial charge in [-0.15, -0.1) is 0 Å². The first-order chi connectivity index (χ1) is 8.47. The summed E-state index contributed by atoms with van der Waals surface area (Å²) in [5, 5.41) is 12.3. The van der Waals surface area contributed by atoms with Crippen LogP contribution in [0.4, 0.5) is 13.2 Å². The molecular weight excluding hydrogens is 253 g/mol. The average molecular weight is 260 g/mol. The van der Waals surface area contributed by atoms with Gasteiger partial charge in [0.15, 0.2) is 6.10 Å². The predicted molar refractivity (Wildman–Crippen MR) is 51.1 cm³/mol. The van der Waals surface area contributed by atoms with Crippen molar-refractivity contribution in [2.45, 2.75) is 18.7 Å². The molecule has 2 heterocycles. The maximum absolute atomic E-state index is 12.1. The quantitative estimate of drug-likeness (QED) is 0.885. The van der Waals surface area contributed by atoms with E-state index in [-0.39, 0.29) is 17.4 Å². The summed E-state index contributed by atoms with van der Waals surface area (Å²) in [5.41, 5.74) is 0.272. The van der Waals surface area contributed by atoms with Crippen molar-refractivity contribution >= 4 is 0 Å². The van der Waals surface area contributed by atoms with Crippen LogP contribution in [0.15, 0.2) is 23.1 Å². The first kappa shape index (κ1) is 12.4. The second kappa shape index (κ2) is 4.69. The number of alkyl halides is 3. The Labute approximate surface area is 98.5 Å². The summed E-state index contributed by atoms with van der Waals surface area (Å²) >= 11 is 0. The van der Waals surface area contributed by atoms with Gasteiger partial charge in [0.25, 0.3) is 0 Å². The average Bonchev–Trinajstić information content (AvgIpc) is 2.77. The molecular formula is C9H7F3N4O2. The van der Waals surface area contributed by atoms with Crippen molar-refractivity contribution in [1.29, 1.82) is 0 Å². The van der Waals surface area contributed by atoms with E-state index in [4.69, 9.17) is 5.11 Å². The number of nitrogens with zero attached hydrogens (tertiary/aromatic N) is 4. The largest absolute Gasteiger partial charge is 0.414 e. The summed E-state index contributed by atoms with van der Waals surface area (Å²) in [6.07, 6.45) is -3.90. The molecule has 6 nitrogen and oxygen atoms in total. The van der Waals surface area contributed by atoms with Gasteiger partial charge in [-0.25, -0.2) is 4.98 Å². The van der Waals surface area contributed by atoms with E-state index in [1.54, 1.807) is 0 Å². The Morgan fingerprint density at radius 1 is 1.33 bits per heavy atom. The molecule has 0 spiro atoms. The zero-order chi connectivity index (χ0) is 13.2. The Bertz CT molecular complexity index is 514. The fraction of sp³-hybridized carbons (Fsp3) is 0.333. The molecule has 0 saturated carbocycles. The molecule has 2 rings (SSSR count). The molecule has 1 unspecified atom stereocenters. The van der Waals surface area contributed by atoms with E-state index >= 15 is 0 Å². The summed E-state index contributed by atoms with van der Waals surface area (Å²) in [5.74, 6) is -0.298. The van der Waals surface area contributed by atoms with Gasteiger partial charge in [0, 0.05) is 12.4 Å². The molecule has 9 heteroatoms. The Morgan fingerprint density at radius 2 is 2.11 bits per heavy atom. The number of aromatic nitrogens is 4. The second-order valence-corrected chi connectivity index (χ2v) is 3.36. The third-order valence-electron chi connectivity index (χ3n) is 2.01. The van der Waals surface area contributed by atoms with E-state index in [0.29, 0.717) is 0 Å². The fourth-order valence-corrected chi connectivity index (χ4v) is 1.14. The van der Waals surface area contributed by atoms with Crippen molar-refractivity contribution in [3.8, 4) is 11.5 Å². The van der Waals surface area contributed by atoms with Crippen LogP contribution >= 0.6 is 0 Å². The summed E-state index contributed by atoms with van der Waals surface area (Å²) in [7, 11) is 0. The smallest absolute Gasteiger partial charge is 0.383 e. The molecule has 18 heavy (non-hydrogen) atoms. The Kier molecular flexibility index (Phi) is 3.24. The van der Waals surface area contributed by atoms with Crippen LogP contribution in [0.5, 0.6) is 0 Å². The van der Waals surface area contributed by atoms with Crippen molar-refractivity contribution in [1.82, 2.24) is 20.1 Å². The maximum atomic E-state index is 12.1. The second-order valence-electron chi connectivity index (χ2n) is 3.36. The molecule has 0 aromatic carbocycles. The zero-order valence-corrected chi connectivity index (χ0v) is 8.79. The number of rotatable bonds is 3. The van der Waals surface area contributed by atoms with E-state index in [1.165, 1.54) is 18.6 Å². The molecule has 0 aliphatic carbocycles. The molecule has 0 amide bonds. The van der Waals surface area contributed by atoms with Gasteiger partial charge in [-0.2, -0.15) is 18.2 Å². The highest BCUT2D eigenvalue weighted by Gasteiger charge is 2.39. The SMILES string of the molecule is OC(Cc1nc(-c2cnccn2)no1)C(F)(F)F. The topological polar surface area (TPSA) is 84.9 Å². The Balaban J connectivity index is 2.12. The summed E-state index contributed by atoms with van der Waals surface area (Å²) < 4.78 is 40.9. The lowest BCUT2D eigenvalue weighted by molar-refractivity contribution is -0.204. The molecule has 2 aromatic rings. The molecule has 1 N–H and O–H groups in total. The fourth-order valence-electron chi connectivity index (χ4n) is 1.14. The molecule has 2 aromatic heterocycles. The number of aliphatic hydroxyl groups excluding tert-OH is 1. The van der Waals surface area contributed by atoms with Crippen molar-refractivity contribution in [2.24, 2.45) is 0 Å². The number of hydrogen-bond donors (Lipinski definition) is 1. The van der Waals surface area contributed by atoms with Gasteiger partial charge in [-0.3, -0.25) is 4.98 Å². The van der Waals surface area contributed by atoms with E-state index in [0.717, 1.165) is 0 Å². The summed E-state index contributed by atoms with van der Waals surface area (Å²) in [4.78, 5) is 11.3. The van der Waals surface area contributed by atoms with Crippen molar-refractivity contribution < 1.29 is 22.8 Å². The van der Waals surface area contributed by atoms with Gasteiger partial charge in [-0.1, -0.05) is 5.16 Å². The monoisotopic (exact) mass is 260 g/mol. The van der Waals surface area contributed by atoms with E-state index < -0.39 is 18.7 Å². The van der Waals surface area contributed by atoms with Gasteiger partial charge in [-0.05, 0) is 0 Å². The molecule has 0 radical (unpaired) electrons. The van der Waals surface area contributed by atoms with Crippen LogP contribution in [-0.4, -0.2) is 37.5 Å². The van der Waals surface area contributed by atoms with E-state index in [9.17, 15) is 13.2 Å². The maximum Gasteiger partial charge on any atom is 0.414 e. The highest BCUT2D eigenvalue weighted by Crippen LogP contribution is 2.23. The van der Waals surface area contributed by atoms with Crippen LogP contribution < -0.4 is 0 Å². The highest BCUT2D eigenvalue weighted by molar-refractivity contribution is 5.45. The van der Waals surface area contributed by atoms with Crippen molar-refractivity contribution in [2.75, 3.05) is 0 Å². The highest BCUT2D eigenvalue weighted by atomic mass is 19.4. The normalized spacial score (nSPS) is 13.6. The first-order valence-corrected chi connectivity index (χ1v) is 4.80. The van der Waals surface area contributed by atoms with E-state index in [1.807, 2.05) is 0 Å². The van der Waals surface area contributed by atoms with Crippen LogP contribution in [0.1, 0.15) is 5.89 Å². The van der Waals surface area contributed by atoms with Crippen LogP contribution in [-0.2, 0) is 6.42 Å². The molecule has 0 aliphatic rings. The zero-order valence-electron chi connectivity index (χ0n) is 8.79. The van der Waals surface area contributed by atoms with Crippen molar-refractivity contribution in [3.63, 3.8) is 0 Å². The lowest BCUT2D eigenvalue weighted by atomic mass is 10.2. The lowest BCUT2D eigenvalue weighted by Crippen LogP contribution is -2.30. The minimum atomic E-state index is -4.72. The van der Waals surface area contributed by atoms with Gasteiger partial charge < -0.3 is 9.63 Å². The standard InChI is InChI=1S/C9H7F3N4O2/c10-9(11,12)6(17)3-7-15-8(16-18-7)5-4-13-1-2-14-5/h1-2,4,6,17H,3H2. The number of hydrogen-bond acceptors (Lipinski definition) is 6. The van der Waals surface area contributed by atoms with Crippen LogP contribution in [0, 0.1) is 0 Å². The van der Waals surface area contributed by atoms with Gasteiger partial charge in [0.1, 0.15) is 5.69 Å². The van der Waals surface area contributed by atoms with Gasteiger partial charge in [0.2, 0.25) is 11.7 Å². The summed E-state index contributed by atoms with van der Waals surface area (Å²) in [6.45, 7) is 0. The predicted octanol–water partition coefficient (Wildman–Crippen LogP) is 0.992. The lowest BCUT2D eigenvalue weighted by Gasteiger charge is -2.11. The van der Waals surface area contributed by atoms with Gasteiger partial charge >= 0.3 is 6.18 Å². The Hall–Kier alpha value is -2.03. The number of halogens is 3. The van der Waals surface area contributed by atoms with E-state index in [2.05, 4.69) is 24.6 Å². The summed E-state index contributed by atoms with van der Waals surface area (Å²) in [6, 6.07) is 0. The first-order valence-electron chi connectivity index (χ1n) is 4.80. The molecule has 96 valence electrons. The third kappa shape index (κ3) is 2.80. The molecule has 0 fully saturated rings. The minimum absolute atomic E-state index is 0.0208. The van der Waals surface area contributed by atoms with Crippen molar-refractivity contribution in [3.05, 3.63) is 24.5 Å². The number of aliphatic hydroxyl groups is 1. The molecule has 1 atom stereocenters. The van der Waals surface area contributed by atoms with Crippen LogP contribution in [0.3, 0.4) is 0 Å². The molecule has 0 aliphatic heterocycles. The Morgan fingerprint density at radius 3 is 2.72 bits per heavy atom. The molecule has 0 saturated heterocycles. The molecule has 0 bridgehead atoms. The van der Waals surface area contributed by atoms with Gasteiger partial charge in [0.05, 0.1) is 12.6 Å². The third-order valence-corrected chi connectivity index (χ3v) is 2.01. The minimum Gasteiger partial charge on any atom is -0.383 e.